The summed E-state index contributed by atoms with van der Waals surface area (Å²) < 4.78 is 2.40. The fourth-order valence-corrected chi connectivity index (χ4v) is 2.01. The Morgan fingerprint density at radius 2 is 2.16 bits per heavy atom. The van der Waals surface area contributed by atoms with Gasteiger partial charge >= 0.3 is 6.03 Å². The molecule has 1 unspecified atom stereocenters. The molecule has 7 nitrogen and oxygen atoms in total. The average Bonchev–Trinajstić information content (AvgIpc) is 3.05. The van der Waals surface area contributed by atoms with E-state index in [4.69, 9.17) is 0 Å². The van der Waals surface area contributed by atoms with Crippen molar-refractivity contribution in [3.8, 4) is 0 Å². The maximum absolute atomic E-state index is 12.3. The molecule has 96 valence electrons. The first kappa shape index (κ1) is 11.6. The van der Waals surface area contributed by atoms with Crippen LogP contribution < -0.4 is 5.23 Å². The molecule has 0 aliphatic rings. The molecule has 0 spiro atoms. The first-order valence-corrected chi connectivity index (χ1v) is 5.55. The van der Waals surface area contributed by atoms with E-state index in [1.807, 2.05) is 0 Å². The molecule has 0 aliphatic heterocycles. The van der Waals surface area contributed by atoms with Gasteiger partial charge in [0.05, 0.1) is 5.52 Å². The zero-order chi connectivity index (χ0) is 13.4. The molecule has 0 amide bonds. The van der Waals surface area contributed by atoms with Crippen LogP contribution in [0.4, 0.5) is 10.6 Å². The quantitative estimate of drug-likeness (QED) is 0.631. The highest BCUT2D eigenvalue weighted by molar-refractivity contribution is 5.95. The summed E-state index contributed by atoms with van der Waals surface area (Å²) in [7, 11) is 0. The molecule has 0 fully saturated rings. The molecule has 1 aromatic carbocycles. The fraction of sp³-hybridized carbons (Fsp3) is 0. The van der Waals surface area contributed by atoms with Crippen molar-refractivity contribution in [1.29, 1.82) is 0 Å². The maximum atomic E-state index is 12.3. The molecule has 2 aromatic heterocycles. The molecule has 0 saturated heterocycles. The van der Waals surface area contributed by atoms with Crippen LogP contribution in [0.25, 0.3) is 10.9 Å². The third-order valence-corrected chi connectivity index (χ3v) is 2.85. The summed E-state index contributed by atoms with van der Waals surface area (Å²) in [6.07, 6.45) is 4.27. The van der Waals surface area contributed by atoms with E-state index in [1.165, 1.54) is 33.9 Å². The van der Waals surface area contributed by atoms with E-state index in [9.17, 15) is 15.2 Å². The van der Waals surface area contributed by atoms with Gasteiger partial charge in [0.15, 0.2) is 0 Å². The molecule has 0 radical (unpaired) electrons. The Morgan fingerprint density at radius 3 is 2.84 bits per heavy atom. The van der Waals surface area contributed by atoms with Crippen LogP contribution in [0.1, 0.15) is 0 Å². The Labute approximate surface area is 107 Å². The first-order valence-electron chi connectivity index (χ1n) is 5.55. The summed E-state index contributed by atoms with van der Waals surface area (Å²) in [5.41, 5.74) is 0.554. The van der Waals surface area contributed by atoms with Crippen molar-refractivity contribution in [1.82, 2.24) is 14.1 Å². The molecule has 1 atom stereocenters. The van der Waals surface area contributed by atoms with E-state index in [0.717, 1.165) is 0 Å². The maximum Gasteiger partial charge on any atom is 0.342 e. The molecule has 2 heterocycles. The van der Waals surface area contributed by atoms with Crippen molar-refractivity contribution in [2.24, 2.45) is 0 Å². The van der Waals surface area contributed by atoms with Crippen molar-refractivity contribution in [3.63, 3.8) is 0 Å². The SMILES string of the molecule is O=C(n1ccnc1)n1c([NH+]([O-])O)cc2ccccc21. The van der Waals surface area contributed by atoms with Crippen molar-refractivity contribution in [3.05, 3.63) is 54.3 Å². The minimum absolute atomic E-state index is 0.0695. The molecular formula is C12H10N4O3. The third kappa shape index (κ3) is 1.82. The van der Waals surface area contributed by atoms with Gasteiger partial charge in [-0.1, -0.05) is 18.2 Å². The summed E-state index contributed by atoms with van der Waals surface area (Å²) in [5.74, 6) is -0.0695. The number of quaternary nitrogens is 1. The Bertz CT molecular complexity index is 731. The molecule has 3 rings (SSSR count). The summed E-state index contributed by atoms with van der Waals surface area (Å²) in [6, 6.07) is 8.02. The Balaban J connectivity index is 2.26. The second kappa shape index (κ2) is 4.32. The van der Waals surface area contributed by atoms with Crippen LogP contribution in [0.5, 0.6) is 0 Å². The normalized spacial score (nSPS) is 12.7. The summed E-state index contributed by atoms with van der Waals surface area (Å²) >= 11 is 0. The number of benzene rings is 1. The molecule has 3 aromatic rings. The Hall–Kier alpha value is -2.48. The number of nitrogens with zero attached hydrogens (tertiary/aromatic N) is 3. The van der Waals surface area contributed by atoms with Gasteiger partial charge in [0, 0.05) is 23.8 Å². The lowest BCUT2D eigenvalue weighted by Gasteiger charge is -2.13. The molecule has 7 heteroatoms. The number of aromatic nitrogens is 3. The minimum Gasteiger partial charge on any atom is -0.594 e. The lowest BCUT2D eigenvalue weighted by atomic mass is 10.2. The number of para-hydroxylation sites is 1. The summed E-state index contributed by atoms with van der Waals surface area (Å²) in [4.78, 5) is 16.1. The first-order chi connectivity index (χ1) is 9.18. The van der Waals surface area contributed by atoms with Gasteiger partial charge in [-0.2, -0.15) is 5.23 Å². The van der Waals surface area contributed by atoms with E-state index in [-0.39, 0.29) is 5.82 Å². The molecule has 19 heavy (non-hydrogen) atoms. The van der Waals surface area contributed by atoms with Crippen molar-refractivity contribution >= 4 is 22.8 Å². The van der Waals surface area contributed by atoms with Gasteiger partial charge in [-0.25, -0.2) is 19.6 Å². The number of carbonyl (C=O) groups excluding carboxylic acids is 1. The van der Waals surface area contributed by atoms with E-state index in [2.05, 4.69) is 4.98 Å². The Morgan fingerprint density at radius 1 is 1.37 bits per heavy atom. The molecule has 0 bridgehead atoms. The smallest absolute Gasteiger partial charge is 0.342 e. The number of imidazole rings is 1. The highest BCUT2D eigenvalue weighted by atomic mass is 16.8. The van der Waals surface area contributed by atoms with Crippen LogP contribution in [0.3, 0.4) is 0 Å². The van der Waals surface area contributed by atoms with E-state index in [1.54, 1.807) is 24.3 Å². The summed E-state index contributed by atoms with van der Waals surface area (Å²) in [6.45, 7) is 0. The van der Waals surface area contributed by atoms with Crippen LogP contribution in [-0.4, -0.2) is 25.4 Å². The number of nitrogens with one attached hydrogen (secondary N) is 1. The van der Waals surface area contributed by atoms with Gasteiger partial charge in [0.1, 0.15) is 6.33 Å². The van der Waals surface area contributed by atoms with Gasteiger partial charge in [-0.3, -0.25) is 4.57 Å². The molecular weight excluding hydrogens is 248 g/mol. The predicted molar refractivity (Wildman–Crippen MR) is 66.1 cm³/mol. The molecule has 2 N–H and O–H groups in total. The van der Waals surface area contributed by atoms with Gasteiger partial charge in [-0.15, -0.1) is 0 Å². The minimum atomic E-state index is -1.15. The third-order valence-electron chi connectivity index (χ3n) is 2.85. The average molecular weight is 258 g/mol. The number of hydrogen-bond donors (Lipinski definition) is 2. The van der Waals surface area contributed by atoms with Crippen LogP contribution in [0.15, 0.2) is 49.1 Å². The van der Waals surface area contributed by atoms with Crippen LogP contribution in [0, 0.1) is 5.21 Å². The van der Waals surface area contributed by atoms with E-state index in [0.29, 0.717) is 10.9 Å². The van der Waals surface area contributed by atoms with Gasteiger partial charge < -0.3 is 5.21 Å². The van der Waals surface area contributed by atoms with Crippen molar-refractivity contribution in [2.75, 3.05) is 0 Å². The Kier molecular flexibility index (Phi) is 2.64. The number of carbonyl (C=O) groups is 1. The lowest BCUT2D eigenvalue weighted by molar-refractivity contribution is -0.993. The highest BCUT2D eigenvalue weighted by Crippen LogP contribution is 2.21. The van der Waals surface area contributed by atoms with Gasteiger partial charge in [0.25, 0.3) is 0 Å². The van der Waals surface area contributed by atoms with E-state index < -0.39 is 11.3 Å². The number of rotatable bonds is 1. The standard InChI is InChI=1S/C12H10N4O3/c17-12(14-6-5-13-8-14)15-10-4-2-1-3-9(10)7-11(15)16(18)19/h1-8,16,18H. The lowest BCUT2D eigenvalue weighted by Crippen LogP contribution is -2.99. The molecule has 0 aliphatic carbocycles. The van der Waals surface area contributed by atoms with Gasteiger partial charge in [-0.05, 0) is 6.07 Å². The summed E-state index contributed by atoms with van der Waals surface area (Å²) in [5, 5.41) is 20.0. The largest absolute Gasteiger partial charge is 0.594 e. The monoisotopic (exact) mass is 258 g/mol. The fourth-order valence-electron chi connectivity index (χ4n) is 2.01. The number of fused-ring (bicyclic) bond motifs is 1. The second-order valence-electron chi connectivity index (χ2n) is 3.98. The van der Waals surface area contributed by atoms with Crippen molar-refractivity contribution in [2.45, 2.75) is 0 Å². The number of hydrogen-bond acceptors (Lipinski definition) is 4. The van der Waals surface area contributed by atoms with Crippen LogP contribution in [-0.2, 0) is 0 Å². The molecule has 0 saturated carbocycles. The van der Waals surface area contributed by atoms with Crippen molar-refractivity contribution < 1.29 is 15.2 Å². The predicted octanol–water partition coefficient (Wildman–Crippen LogP) is 0.758. The van der Waals surface area contributed by atoms with Gasteiger partial charge in [0.2, 0.25) is 5.82 Å². The zero-order valence-electron chi connectivity index (χ0n) is 9.72. The van der Waals surface area contributed by atoms with Crippen LogP contribution >= 0.6 is 0 Å². The highest BCUT2D eigenvalue weighted by Gasteiger charge is 2.20. The van der Waals surface area contributed by atoms with Crippen LogP contribution in [0.2, 0.25) is 0 Å². The topological polar surface area (TPSA) is 87.5 Å². The zero-order valence-corrected chi connectivity index (χ0v) is 9.72. The second-order valence-corrected chi connectivity index (χ2v) is 3.98. The van der Waals surface area contributed by atoms with E-state index >= 15 is 0 Å².